The molecule has 0 aromatic heterocycles. The zero-order chi connectivity index (χ0) is 23.3. The molecule has 0 saturated carbocycles. The number of primary sulfonamides is 1. The molecule has 2 amide bonds. The lowest BCUT2D eigenvalue weighted by Crippen LogP contribution is -2.29. The Morgan fingerprint density at radius 1 is 0.844 bits per heavy atom. The molecule has 0 aliphatic carbocycles. The molecule has 0 unspecified atom stereocenters. The Morgan fingerprint density at radius 3 is 1.91 bits per heavy atom. The summed E-state index contributed by atoms with van der Waals surface area (Å²) in [4.78, 5) is 25.6. The summed E-state index contributed by atoms with van der Waals surface area (Å²) in [7, 11) is -3.98. The fraction of sp³-hybridized carbons (Fsp3) is 0.0476. The van der Waals surface area contributed by atoms with Gasteiger partial charge in [0.15, 0.2) is 0 Å². The highest BCUT2D eigenvalue weighted by atomic mass is 32.2. The topological polar surface area (TPSA) is 107 Å². The quantitative estimate of drug-likeness (QED) is 0.591. The molecule has 2 N–H and O–H groups in total. The predicted octanol–water partition coefficient (Wildman–Crippen LogP) is 3.95. The largest absolute Gasteiger partial charge is 0.457 e. The van der Waals surface area contributed by atoms with Crippen molar-refractivity contribution in [3.05, 3.63) is 83.4 Å². The summed E-state index contributed by atoms with van der Waals surface area (Å²) in [5.41, 5.74) is -1.29. The van der Waals surface area contributed by atoms with Crippen LogP contribution in [0.15, 0.2) is 71.6 Å². The van der Waals surface area contributed by atoms with Crippen LogP contribution in [0.1, 0.15) is 26.3 Å². The van der Waals surface area contributed by atoms with Crippen molar-refractivity contribution in [1.82, 2.24) is 0 Å². The highest BCUT2D eigenvalue weighted by Crippen LogP contribution is 2.41. The number of nitrogens with zero attached hydrogens (tertiary/aromatic N) is 1. The molecule has 1 heterocycles. The number of hydrogen-bond acceptors (Lipinski definition) is 5. The van der Waals surface area contributed by atoms with Gasteiger partial charge in [0, 0.05) is 0 Å². The van der Waals surface area contributed by atoms with Crippen LogP contribution in [0.25, 0.3) is 0 Å². The van der Waals surface area contributed by atoms with Crippen molar-refractivity contribution in [2.24, 2.45) is 5.14 Å². The third-order valence-electron chi connectivity index (χ3n) is 4.70. The number of ether oxygens (including phenoxy) is 1. The average Bonchev–Trinajstić information content (AvgIpc) is 2.98. The molecule has 164 valence electrons. The van der Waals surface area contributed by atoms with E-state index >= 15 is 0 Å². The average molecular weight is 462 g/mol. The first-order chi connectivity index (χ1) is 15.0. The molecule has 0 saturated heterocycles. The molecule has 7 nitrogen and oxygen atoms in total. The van der Waals surface area contributed by atoms with Crippen LogP contribution in [0.4, 0.5) is 18.9 Å². The van der Waals surface area contributed by atoms with E-state index in [9.17, 15) is 31.2 Å². The molecule has 32 heavy (non-hydrogen) atoms. The zero-order valence-corrected chi connectivity index (χ0v) is 16.8. The molecule has 0 fully saturated rings. The summed E-state index contributed by atoms with van der Waals surface area (Å²) in [6.45, 7) is 0. The number of rotatable bonds is 4. The van der Waals surface area contributed by atoms with E-state index in [1.165, 1.54) is 12.1 Å². The fourth-order valence-corrected chi connectivity index (χ4v) is 3.73. The van der Waals surface area contributed by atoms with E-state index in [4.69, 9.17) is 9.88 Å². The first-order valence-electron chi connectivity index (χ1n) is 8.96. The maximum atomic E-state index is 13.7. The second-order valence-electron chi connectivity index (χ2n) is 6.79. The highest BCUT2D eigenvalue weighted by Gasteiger charge is 2.39. The van der Waals surface area contributed by atoms with Crippen LogP contribution in [0.2, 0.25) is 0 Å². The number of imide groups is 1. The molecule has 0 atom stereocenters. The Kier molecular flexibility index (Phi) is 5.02. The Balaban J connectivity index is 1.71. The van der Waals surface area contributed by atoms with Crippen molar-refractivity contribution in [2.75, 3.05) is 4.90 Å². The summed E-state index contributed by atoms with van der Waals surface area (Å²) in [5.74, 6) is -2.13. The lowest BCUT2D eigenvalue weighted by molar-refractivity contribution is -0.138. The molecule has 0 spiro atoms. The van der Waals surface area contributed by atoms with Crippen LogP contribution < -0.4 is 14.8 Å². The zero-order valence-electron chi connectivity index (χ0n) is 16.0. The van der Waals surface area contributed by atoms with Gasteiger partial charge in [-0.05, 0) is 54.6 Å². The van der Waals surface area contributed by atoms with Crippen LogP contribution in [0.5, 0.6) is 11.5 Å². The smallest absolute Gasteiger partial charge is 0.420 e. The standard InChI is InChI=1S/C21H13F3N2O5S/c22-21(23,24)17-11-12(26-19(27)15-3-1-2-4-16(15)20(26)28)5-10-18(17)31-13-6-8-14(9-7-13)32(25,29)30/h1-11H,(H2,25,29,30). The molecule has 3 aromatic carbocycles. The summed E-state index contributed by atoms with van der Waals surface area (Å²) in [5, 5.41) is 4.99. The number of halogens is 3. The van der Waals surface area contributed by atoms with Crippen LogP contribution in [-0.2, 0) is 16.2 Å². The molecular weight excluding hydrogens is 449 g/mol. The number of benzene rings is 3. The highest BCUT2D eigenvalue weighted by molar-refractivity contribution is 7.89. The van der Waals surface area contributed by atoms with E-state index in [0.717, 1.165) is 36.4 Å². The summed E-state index contributed by atoms with van der Waals surface area (Å²) >= 11 is 0. The molecule has 1 aliphatic heterocycles. The number of sulfonamides is 1. The maximum Gasteiger partial charge on any atom is 0.420 e. The van der Waals surface area contributed by atoms with Gasteiger partial charge in [-0.15, -0.1) is 0 Å². The fourth-order valence-electron chi connectivity index (χ4n) is 3.22. The van der Waals surface area contributed by atoms with Crippen molar-refractivity contribution in [1.29, 1.82) is 0 Å². The van der Waals surface area contributed by atoms with Gasteiger partial charge in [0.05, 0.1) is 21.7 Å². The molecule has 11 heteroatoms. The molecule has 0 bridgehead atoms. The van der Waals surface area contributed by atoms with Gasteiger partial charge in [0.2, 0.25) is 10.0 Å². The number of anilines is 1. The van der Waals surface area contributed by atoms with Crippen molar-refractivity contribution in [2.45, 2.75) is 11.1 Å². The Morgan fingerprint density at radius 2 is 1.41 bits per heavy atom. The molecule has 3 aromatic rings. The van der Waals surface area contributed by atoms with Gasteiger partial charge in [-0.2, -0.15) is 13.2 Å². The summed E-state index contributed by atoms with van der Waals surface area (Å²) < 4.78 is 69.1. The second-order valence-corrected chi connectivity index (χ2v) is 8.35. The van der Waals surface area contributed by atoms with Gasteiger partial charge < -0.3 is 4.74 Å². The number of nitrogens with two attached hydrogens (primary N) is 1. The van der Waals surface area contributed by atoms with Crippen molar-refractivity contribution >= 4 is 27.5 Å². The molecule has 4 rings (SSSR count). The number of amides is 2. The third-order valence-corrected chi connectivity index (χ3v) is 5.63. The minimum atomic E-state index is -4.87. The van der Waals surface area contributed by atoms with E-state index in [1.54, 1.807) is 12.1 Å². The van der Waals surface area contributed by atoms with Crippen molar-refractivity contribution < 1.29 is 35.9 Å². The first kappa shape index (κ1) is 21.5. The lowest BCUT2D eigenvalue weighted by Gasteiger charge is -2.19. The van der Waals surface area contributed by atoms with Gasteiger partial charge >= 0.3 is 6.18 Å². The first-order valence-corrected chi connectivity index (χ1v) is 10.5. The van der Waals surface area contributed by atoms with Crippen LogP contribution >= 0.6 is 0 Å². The predicted molar refractivity (Wildman–Crippen MR) is 107 cm³/mol. The Bertz CT molecular complexity index is 1320. The van der Waals surface area contributed by atoms with Crippen LogP contribution in [0, 0.1) is 0 Å². The van der Waals surface area contributed by atoms with Crippen LogP contribution in [-0.4, -0.2) is 20.2 Å². The molecule has 1 aliphatic rings. The van der Waals surface area contributed by atoms with Crippen molar-refractivity contribution in [3.63, 3.8) is 0 Å². The number of hydrogen-bond donors (Lipinski definition) is 1. The van der Waals surface area contributed by atoms with Gasteiger partial charge in [-0.25, -0.2) is 18.5 Å². The third kappa shape index (κ3) is 3.83. The second kappa shape index (κ2) is 7.46. The monoisotopic (exact) mass is 462 g/mol. The van der Waals surface area contributed by atoms with Gasteiger partial charge in [-0.3, -0.25) is 9.59 Å². The van der Waals surface area contributed by atoms with Crippen molar-refractivity contribution in [3.8, 4) is 11.5 Å². The Labute approximate surface area is 179 Å². The summed E-state index contributed by atoms with van der Waals surface area (Å²) in [6, 6.07) is 13.2. The SMILES string of the molecule is NS(=O)(=O)c1ccc(Oc2ccc(N3C(=O)c4ccccc4C3=O)cc2C(F)(F)F)cc1. The minimum Gasteiger partial charge on any atom is -0.457 e. The number of alkyl halides is 3. The lowest BCUT2D eigenvalue weighted by atomic mass is 10.1. The van der Waals surface area contributed by atoms with Gasteiger partial charge in [0.25, 0.3) is 11.8 Å². The van der Waals surface area contributed by atoms with E-state index in [2.05, 4.69) is 0 Å². The number of carbonyl (C=O) groups excluding carboxylic acids is 2. The van der Waals surface area contributed by atoms with Gasteiger partial charge in [-0.1, -0.05) is 12.1 Å². The van der Waals surface area contributed by atoms with E-state index in [-0.39, 0.29) is 27.5 Å². The molecule has 0 radical (unpaired) electrons. The van der Waals surface area contributed by atoms with E-state index in [1.807, 2.05) is 0 Å². The molecular formula is C21H13F3N2O5S. The van der Waals surface area contributed by atoms with Gasteiger partial charge in [0.1, 0.15) is 17.1 Å². The van der Waals surface area contributed by atoms with Crippen LogP contribution in [0.3, 0.4) is 0 Å². The summed E-state index contributed by atoms with van der Waals surface area (Å²) in [6.07, 6.45) is -4.87. The van der Waals surface area contributed by atoms with E-state index in [0.29, 0.717) is 11.0 Å². The number of carbonyl (C=O) groups is 2. The maximum absolute atomic E-state index is 13.7. The normalized spacial score (nSPS) is 13.9. The minimum absolute atomic E-state index is 0.0728. The Hall–Kier alpha value is -3.70. The van der Waals surface area contributed by atoms with E-state index < -0.39 is 39.3 Å². The number of fused-ring (bicyclic) bond motifs is 1.